The molecule has 0 aliphatic carbocycles. The van der Waals surface area contributed by atoms with Gasteiger partial charge in [-0.2, -0.15) is 0 Å². The molecule has 21 heavy (non-hydrogen) atoms. The number of amides is 1. The summed E-state index contributed by atoms with van der Waals surface area (Å²) in [7, 11) is 0. The first-order valence-corrected chi connectivity index (χ1v) is 7.50. The Morgan fingerprint density at radius 3 is 2.52 bits per heavy atom. The van der Waals surface area contributed by atoms with Crippen LogP contribution >= 0.6 is 0 Å². The van der Waals surface area contributed by atoms with Crippen LogP contribution in [0.15, 0.2) is 18.2 Å². The van der Waals surface area contributed by atoms with Crippen LogP contribution in [-0.2, 0) is 11.2 Å². The number of hydrogen-bond donors (Lipinski definition) is 2. The van der Waals surface area contributed by atoms with Crippen LogP contribution in [0.25, 0.3) is 0 Å². The van der Waals surface area contributed by atoms with Gasteiger partial charge in [-0.25, -0.2) is 0 Å². The zero-order valence-electron chi connectivity index (χ0n) is 13.1. The van der Waals surface area contributed by atoms with Crippen LogP contribution in [-0.4, -0.2) is 42.2 Å². The smallest absolute Gasteiger partial charge is 0.227 e. The highest BCUT2D eigenvalue weighted by molar-refractivity contribution is 5.79. The zero-order chi connectivity index (χ0) is 15.8. The molecule has 5 heteroatoms. The number of phenols is 1. The Labute approximate surface area is 126 Å². The highest BCUT2D eigenvalue weighted by Crippen LogP contribution is 2.28. The van der Waals surface area contributed by atoms with Crippen LogP contribution in [0.2, 0.25) is 0 Å². The number of benzene rings is 1. The van der Waals surface area contributed by atoms with E-state index >= 15 is 0 Å². The first-order valence-electron chi connectivity index (χ1n) is 7.50. The first-order chi connectivity index (χ1) is 10.1. The van der Waals surface area contributed by atoms with Gasteiger partial charge in [0, 0.05) is 19.6 Å². The molecule has 0 bridgehead atoms. The molecule has 0 aliphatic heterocycles. The third kappa shape index (κ3) is 4.63. The van der Waals surface area contributed by atoms with Gasteiger partial charge in [-0.05, 0) is 44.9 Å². The van der Waals surface area contributed by atoms with E-state index in [-0.39, 0.29) is 17.6 Å². The minimum atomic E-state index is -0.246. The van der Waals surface area contributed by atoms with Gasteiger partial charge in [0.25, 0.3) is 0 Å². The van der Waals surface area contributed by atoms with Crippen LogP contribution in [0.1, 0.15) is 26.3 Å². The lowest BCUT2D eigenvalue weighted by Gasteiger charge is -2.24. The van der Waals surface area contributed by atoms with Gasteiger partial charge in [0.15, 0.2) is 11.5 Å². The lowest BCUT2D eigenvalue weighted by molar-refractivity contribution is -0.134. The molecular formula is C16H26N2O3. The zero-order valence-corrected chi connectivity index (χ0v) is 13.1. The standard InChI is InChI=1S/C16H26N2O3/c1-4-18(5-2)16(20)13(11-17)9-12-7-8-14(19)15(10-12)21-6-3/h7-8,10,13,19H,4-6,9,11,17H2,1-3H3. The largest absolute Gasteiger partial charge is 0.504 e. The number of carbonyl (C=O) groups is 1. The number of carbonyl (C=O) groups excluding carboxylic acids is 1. The van der Waals surface area contributed by atoms with Crippen molar-refractivity contribution in [3.05, 3.63) is 23.8 Å². The number of hydrogen-bond acceptors (Lipinski definition) is 4. The molecule has 1 aromatic carbocycles. The van der Waals surface area contributed by atoms with E-state index in [4.69, 9.17) is 10.5 Å². The number of phenolic OH excluding ortho intramolecular Hbond substituents is 1. The Morgan fingerprint density at radius 2 is 2.00 bits per heavy atom. The number of ether oxygens (including phenoxy) is 1. The van der Waals surface area contributed by atoms with Crippen LogP contribution in [0.5, 0.6) is 11.5 Å². The molecule has 0 aliphatic rings. The normalized spacial score (nSPS) is 12.0. The summed E-state index contributed by atoms with van der Waals surface area (Å²) in [6.45, 7) is 7.94. The second-order valence-corrected chi connectivity index (χ2v) is 4.88. The SMILES string of the molecule is CCOc1cc(CC(CN)C(=O)N(CC)CC)ccc1O. The third-order valence-electron chi connectivity index (χ3n) is 3.52. The summed E-state index contributed by atoms with van der Waals surface area (Å²) in [6.07, 6.45) is 0.548. The lowest BCUT2D eigenvalue weighted by atomic mass is 9.97. The number of nitrogens with zero attached hydrogens (tertiary/aromatic N) is 1. The van der Waals surface area contributed by atoms with Gasteiger partial charge in [0.05, 0.1) is 12.5 Å². The Morgan fingerprint density at radius 1 is 1.33 bits per heavy atom. The lowest BCUT2D eigenvalue weighted by Crippen LogP contribution is -2.39. The molecule has 0 saturated heterocycles. The number of nitrogens with two attached hydrogens (primary N) is 1. The summed E-state index contributed by atoms with van der Waals surface area (Å²) < 4.78 is 5.37. The molecular weight excluding hydrogens is 268 g/mol. The van der Waals surface area contributed by atoms with E-state index in [1.807, 2.05) is 20.8 Å². The number of aromatic hydroxyl groups is 1. The minimum Gasteiger partial charge on any atom is -0.504 e. The highest BCUT2D eigenvalue weighted by Gasteiger charge is 2.22. The van der Waals surface area contributed by atoms with Crippen molar-refractivity contribution in [3.8, 4) is 11.5 Å². The molecule has 0 saturated carbocycles. The molecule has 0 fully saturated rings. The summed E-state index contributed by atoms with van der Waals surface area (Å²) in [6, 6.07) is 5.17. The predicted octanol–water partition coefficient (Wildman–Crippen LogP) is 1.78. The average Bonchev–Trinajstić information content (AvgIpc) is 2.49. The second-order valence-electron chi connectivity index (χ2n) is 4.88. The second kappa shape index (κ2) is 8.52. The van der Waals surface area contributed by atoms with Gasteiger partial charge in [0.2, 0.25) is 5.91 Å². The monoisotopic (exact) mass is 294 g/mol. The first kappa shape index (κ1) is 17.3. The molecule has 0 spiro atoms. The quantitative estimate of drug-likeness (QED) is 0.766. The number of rotatable bonds is 8. The molecule has 1 unspecified atom stereocenters. The maximum absolute atomic E-state index is 12.4. The van der Waals surface area contributed by atoms with Crippen molar-refractivity contribution in [2.45, 2.75) is 27.2 Å². The van der Waals surface area contributed by atoms with Gasteiger partial charge in [0.1, 0.15) is 0 Å². The van der Waals surface area contributed by atoms with Crippen molar-refractivity contribution in [1.29, 1.82) is 0 Å². The Bertz CT molecular complexity index is 459. The van der Waals surface area contributed by atoms with Gasteiger partial charge in [-0.1, -0.05) is 6.07 Å². The van der Waals surface area contributed by atoms with Gasteiger partial charge >= 0.3 is 0 Å². The predicted molar refractivity (Wildman–Crippen MR) is 83.5 cm³/mol. The van der Waals surface area contributed by atoms with Crippen molar-refractivity contribution < 1.29 is 14.6 Å². The van der Waals surface area contributed by atoms with E-state index in [1.165, 1.54) is 0 Å². The fourth-order valence-corrected chi connectivity index (χ4v) is 2.31. The van der Waals surface area contributed by atoms with Gasteiger partial charge < -0.3 is 20.5 Å². The molecule has 1 rings (SSSR count). The molecule has 0 aromatic heterocycles. The van der Waals surface area contributed by atoms with Crippen molar-refractivity contribution in [2.24, 2.45) is 11.7 Å². The van der Waals surface area contributed by atoms with Crippen molar-refractivity contribution >= 4 is 5.91 Å². The summed E-state index contributed by atoms with van der Waals surface area (Å²) in [5.74, 6) is 0.387. The molecule has 1 amide bonds. The summed E-state index contributed by atoms with van der Waals surface area (Å²) in [5, 5.41) is 9.71. The van der Waals surface area contributed by atoms with E-state index in [0.29, 0.717) is 38.4 Å². The maximum Gasteiger partial charge on any atom is 0.227 e. The average molecular weight is 294 g/mol. The highest BCUT2D eigenvalue weighted by atomic mass is 16.5. The van der Waals surface area contributed by atoms with Crippen LogP contribution < -0.4 is 10.5 Å². The van der Waals surface area contributed by atoms with Gasteiger partial charge in [-0.15, -0.1) is 0 Å². The summed E-state index contributed by atoms with van der Waals surface area (Å²) in [5.41, 5.74) is 6.70. The van der Waals surface area contributed by atoms with E-state index in [9.17, 15) is 9.90 Å². The van der Waals surface area contributed by atoms with Crippen LogP contribution in [0, 0.1) is 5.92 Å². The van der Waals surface area contributed by atoms with E-state index in [0.717, 1.165) is 5.56 Å². The van der Waals surface area contributed by atoms with E-state index < -0.39 is 0 Å². The van der Waals surface area contributed by atoms with Crippen molar-refractivity contribution in [3.63, 3.8) is 0 Å². The fourth-order valence-electron chi connectivity index (χ4n) is 2.31. The third-order valence-corrected chi connectivity index (χ3v) is 3.52. The Balaban J connectivity index is 2.86. The Hall–Kier alpha value is -1.75. The molecule has 1 atom stereocenters. The molecule has 0 radical (unpaired) electrons. The molecule has 118 valence electrons. The maximum atomic E-state index is 12.4. The molecule has 1 aromatic rings. The van der Waals surface area contributed by atoms with E-state index in [2.05, 4.69) is 0 Å². The molecule has 5 nitrogen and oxygen atoms in total. The van der Waals surface area contributed by atoms with Crippen LogP contribution in [0.4, 0.5) is 0 Å². The Kier molecular flexibility index (Phi) is 7.02. The molecule has 0 heterocycles. The van der Waals surface area contributed by atoms with Gasteiger partial charge in [-0.3, -0.25) is 4.79 Å². The molecule has 3 N–H and O–H groups in total. The fraction of sp³-hybridized carbons (Fsp3) is 0.562. The van der Waals surface area contributed by atoms with Crippen molar-refractivity contribution in [2.75, 3.05) is 26.2 Å². The van der Waals surface area contributed by atoms with Crippen LogP contribution in [0.3, 0.4) is 0 Å². The van der Waals surface area contributed by atoms with E-state index in [1.54, 1.807) is 23.1 Å². The minimum absolute atomic E-state index is 0.0773. The topological polar surface area (TPSA) is 75.8 Å². The summed E-state index contributed by atoms with van der Waals surface area (Å²) >= 11 is 0. The van der Waals surface area contributed by atoms with Crippen molar-refractivity contribution in [1.82, 2.24) is 4.90 Å². The summed E-state index contributed by atoms with van der Waals surface area (Å²) in [4.78, 5) is 14.2.